The fourth-order valence-corrected chi connectivity index (χ4v) is 1.89. The van der Waals surface area contributed by atoms with Gasteiger partial charge in [0.15, 0.2) is 0 Å². The Bertz CT molecular complexity index is 343. The van der Waals surface area contributed by atoms with Gasteiger partial charge in [0.2, 0.25) is 0 Å². The standard InChI is InChI=1S/C15H23N3/c1-2-11-17-12-7-14-18(13-6-10-16)15-8-4-3-5-9-15/h3-5,8-9,17H,2,6-7,11-14H2,1H3. The first kappa shape index (κ1) is 14.5. The number of nitrogens with zero attached hydrogens (tertiary/aromatic N) is 2. The van der Waals surface area contributed by atoms with Crippen molar-refractivity contribution in [2.45, 2.75) is 26.2 Å². The monoisotopic (exact) mass is 245 g/mol. The molecule has 0 spiro atoms. The number of hydrogen-bond acceptors (Lipinski definition) is 3. The molecule has 0 heterocycles. The molecule has 98 valence electrons. The third-order valence-electron chi connectivity index (χ3n) is 2.82. The molecule has 0 saturated carbocycles. The summed E-state index contributed by atoms with van der Waals surface area (Å²) in [5, 5.41) is 12.1. The SMILES string of the molecule is CCCNCCCN(CCC#N)c1ccccc1. The van der Waals surface area contributed by atoms with E-state index in [4.69, 9.17) is 5.26 Å². The summed E-state index contributed by atoms with van der Waals surface area (Å²) >= 11 is 0. The molecule has 0 unspecified atom stereocenters. The molecule has 0 atom stereocenters. The summed E-state index contributed by atoms with van der Waals surface area (Å²) in [6.07, 6.45) is 2.87. The number of anilines is 1. The van der Waals surface area contributed by atoms with E-state index >= 15 is 0 Å². The molecule has 0 radical (unpaired) electrons. The quantitative estimate of drug-likeness (QED) is 0.680. The number of para-hydroxylation sites is 1. The van der Waals surface area contributed by atoms with E-state index in [2.05, 4.69) is 35.3 Å². The highest BCUT2D eigenvalue weighted by Gasteiger charge is 2.04. The Balaban J connectivity index is 2.39. The van der Waals surface area contributed by atoms with Crippen LogP contribution in [0.2, 0.25) is 0 Å². The maximum absolute atomic E-state index is 8.71. The first-order valence-corrected chi connectivity index (χ1v) is 6.76. The topological polar surface area (TPSA) is 39.1 Å². The van der Waals surface area contributed by atoms with Gasteiger partial charge in [0.1, 0.15) is 0 Å². The first-order valence-electron chi connectivity index (χ1n) is 6.76. The Kier molecular flexibility index (Phi) is 7.66. The third-order valence-corrected chi connectivity index (χ3v) is 2.82. The van der Waals surface area contributed by atoms with Crippen LogP contribution in [-0.4, -0.2) is 26.2 Å². The normalized spacial score (nSPS) is 10.0. The van der Waals surface area contributed by atoms with Crippen LogP contribution in [0.1, 0.15) is 26.2 Å². The van der Waals surface area contributed by atoms with Crippen molar-refractivity contribution < 1.29 is 0 Å². The lowest BCUT2D eigenvalue weighted by Gasteiger charge is -2.23. The maximum Gasteiger partial charge on any atom is 0.0640 e. The second kappa shape index (κ2) is 9.49. The number of nitriles is 1. The van der Waals surface area contributed by atoms with Gasteiger partial charge in [-0.25, -0.2) is 0 Å². The van der Waals surface area contributed by atoms with Crippen LogP contribution in [0.25, 0.3) is 0 Å². The Hall–Kier alpha value is -1.53. The zero-order chi connectivity index (χ0) is 13.1. The molecule has 0 aliphatic carbocycles. The molecule has 0 bridgehead atoms. The van der Waals surface area contributed by atoms with E-state index in [0.717, 1.165) is 32.6 Å². The minimum atomic E-state index is 0.581. The molecule has 1 aromatic rings. The third kappa shape index (κ3) is 5.70. The van der Waals surface area contributed by atoms with E-state index in [9.17, 15) is 0 Å². The number of hydrogen-bond donors (Lipinski definition) is 1. The van der Waals surface area contributed by atoms with Crippen molar-refractivity contribution in [2.24, 2.45) is 0 Å². The van der Waals surface area contributed by atoms with Crippen LogP contribution in [0.5, 0.6) is 0 Å². The maximum atomic E-state index is 8.71. The second-order valence-electron chi connectivity index (χ2n) is 4.33. The molecule has 18 heavy (non-hydrogen) atoms. The average molecular weight is 245 g/mol. The molecule has 1 rings (SSSR count). The van der Waals surface area contributed by atoms with E-state index < -0.39 is 0 Å². The van der Waals surface area contributed by atoms with Gasteiger partial charge in [0, 0.05) is 18.8 Å². The van der Waals surface area contributed by atoms with E-state index in [0.29, 0.717) is 6.42 Å². The fraction of sp³-hybridized carbons (Fsp3) is 0.533. The van der Waals surface area contributed by atoms with Crippen LogP contribution in [0.4, 0.5) is 5.69 Å². The minimum absolute atomic E-state index is 0.581. The zero-order valence-electron chi connectivity index (χ0n) is 11.2. The largest absolute Gasteiger partial charge is 0.370 e. The Labute approximate surface area is 110 Å². The van der Waals surface area contributed by atoms with Crippen LogP contribution in [0.3, 0.4) is 0 Å². The summed E-state index contributed by atoms with van der Waals surface area (Å²) in [7, 11) is 0. The van der Waals surface area contributed by atoms with Gasteiger partial charge < -0.3 is 10.2 Å². The van der Waals surface area contributed by atoms with E-state index in [1.807, 2.05) is 18.2 Å². The lowest BCUT2D eigenvalue weighted by Crippen LogP contribution is -2.28. The van der Waals surface area contributed by atoms with Crippen LogP contribution in [-0.2, 0) is 0 Å². The van der Waals surface area contributed by atoms with Gasteiger partial charge in [-0.1, -0.05) is 25.1 Å². The van der Waals surface area contributed by atoms with Gasteiger partial charge in [-0.05, 0) is 38.1 Å². The molecule has 3 nitrogen and oxygen atoms in total. The molecule has 0 aromatic heterocycles. The van der Waals surface area contributed by atoms with Crippen molar-refractivity contribution in [3.05, 3.63) is 30.3 Å². The Morgan fingerprint density at radius 1 is 1.17 bits per heavy atom. The molecule has 3 heteroatoms. The molecular weight excluding hydrogens is 222 g/mol. The van der Waals surface area contributed by atoms with E-state index in [1.165, 1.54) is 12.1 Å². The summed E-state index contributed by atoms with van der Waals surface area (Å²) in [5.41, 5.74) is 1.21. The van der Waals surface area contributed by atoms with E-state index in [1.54, 1.807) is 0 Å². The Morgan fingerprint density at radius 2 is 1.94 bits per heavy atom. The van der Waals surface area contributed by atoms with Crippen LogP contribution in [0.15, 0.2) is 30.3 Å². The van der Waals surface area contributed by atoms with Crippen molar-refractivity contribution in [3.63, 3.8) is 0 Å². The summed E-state index contributed by atoms with van der Waals surface area (Å²) in [4.78, 5) is 2.29. The number of rotatable bonds is 9. The highest BCUT2D eigenvalue weighted by molar-refractivity contribution is 5.45. The average Bonchev–Trinajstić information content (AvgIpc) is 2.43. The van der Waals surface area contributed by atoms with Gasteiger partial charge in [-0.3, -0.25) is 0 Å². The molecule has 1 aromatic carbocycles. The molecule has 0 aliphatic rings. The Morgan fingerprint density at radius 3 is 2.61 bits per heavy atom. The number of nitrogens with one attached hydrogen (secondary N) is 1. The minimum Gasteiger partial charge on any atom is -0.370 e. The number of benzene rings is 1. The van der Waals surface area contributed by atoms with Crippen molar-refractivity contribution >= 4 is 5.69 Å². The van der Waals surface area contributed by atoms with Gasteiger partial charge in [0.25, 0.3) is 0 Å². The second-order valence-corrected chi connectivity index (χ2v) is 4.33. The molecule has 0 saturated heterocycles. The van der Waals surface area contributed by atoms with Gasteiger partial charge in [-0.15, -0.1) is 0 Å². The van der Waals surface area contributed by atoms with Crippen molar-refractivity contribution in [1.29, 1.82) is 5.26 Å². The predicted molar refractivity (Wildman–Crippen MR) is 76.7 cm³/mol. The fourth-order valence-electron chi connectivity index (χ4n) is 1.89. The lowest BCUT2D eigenvalue weighted by molar-refractivity contribution is 0.626. The summed E-state index contributed by atoms with van der Waals surface area (Å²) in [6, 6.07) is 12.6. The molecule has 0 amide bonds. The summed E-state index contributed by atoms with van der Waals surface area (Å²) in [6.45, 7) is 6.13. The van der Waals surface area contributed by atoms with Crippen molar-refractivity contribution in [2.75, 3.05) is 31.1 Å². The zero-order valence-corrected chi connectivity index (χ0v) is 11.2. The highest BCUT2D eigenvalue weighted by atomic mass is 15.1. The van der Waals surface area contributed by atoms with Crippen molar-refractivity contribution in [1.82, 2.24) is 5.32 Å². The van der Waals surface area contributed by atoms with Crippen molar-refractivity contribution in [3.8, 4) is 6.07 Å². The van der Waals surface area contributed by atoms with Crippen LogP contribution in [0, 0.1) is 11.3 Å². The smallest absolute Gasteiger partial charge is 0.0640 e. The highest BCUT2D eigenvalue weighted by Crippen LogP contribution is 2.13. The van der Waals surface area contributed by atoms with Crippen LogP contribution < -0.4 is 10.2 Å². The van der Waals surface area contributed by atoms with Gasteiger partial charge in [-0.2, -0.15) is 5.26 Å². The van der Waals surface area contributed by atoms with Crippen LogP contribution >= 0.6 is 0 Å². The molecule has 1 N–H and O–H groups in total. The first-order chi connectivity index (χ1) is 8.88. The van der Waals surface area contributed by atoms with Gasteiger partial charge in [0.05, 0.1) is 12.5 Å². The van der Waals surface area contributed by atoms with E-state index in [-0.39, 0.29) is 0 Å². The van der Waals surface area contributed by atoms with Gasteiger partial charge >= 0.3 is 0 Å². The summed E-state index contributed by atoms with van der Waals surface area (Å²) in [5.74, 6) is 0. The molecule has 0 aliphatic heterocycles. The predicted octanol–water partition coefficient (Wildman–Crippen LogP) is 2.80. The molecular formula is C15H23N3. The summed E-state index contributed by atoms with van der Waals surface area (Å²) < 4.78 is 0. The lowest BCUT2D eigenvalue weighted by atomic mass is 10.2. The molecule has 0 fully saturated rings.